The van der Waals surface area contributed by atoms with Crippen molar-refractivity contribution in [2.75, 3.05) is 13.6 Å². The molecule has 2 atom stereocenters. The van der Waals surface area contributed by atoms with Gasteiger partial charge in [-0.15, -0.1) is 0 Å². The van der Waals surface area contributed by atoms with Crippen molar-refractivity contribution >= 4 is 0 Å². The van der Waals surface area contributed by atoms with Crippen LogP contribution in [0.2, 0.25) is 0 Å². The maximum absolute atomic E-state index is 14.0. The number of rotatable bonds is 5. The molecule has 0 aliphatic rings. The standard InChI is InChI=1S/C18H23FN2/c1-13-8-10-15(11-9-13)18(12-20)21(3)14(2)16-6-4-5-7-17(16)19/h4-11,14,18H,12,20H2,1-3H3. The first-order valence-electron chi connectivity index (χ1n) is 7.27. The molecule has 2 nitrogen and oxygen atoms in total. The van der Waals surface area contributed by atoms with Crippen molar-refractivity contribution in [3.05, 3.63) is 71.0 Å². The van der Waals surface area contributed by atoms with Crippen LogP contribution in [0.25, 0.3) is 0 Å². The predicted octanol–water partition coefficient (Wildman–Crippen LogP) is 3.83. The van der Waals surface area contributed by atoms with E-state index < -0.39 is 0 Å². The van der Waals surface area contributed by atoms with Crippen LogP contribution in [0.5, 0.6) is 0 Å². The molecule has 0 aromatic heterocycles. The monoisotopic (exact) mass is 286 g/mol. The van der Waals surface area contributed by atoms with Crippen molar-refractivity contribution in [1.82, 2.24) is 4.90 Å². The Morgan fingerprint density at radius 2 is 1.71 bits per heavy atom. The Bertz CT molecular complexity index is 580. The van der Waals surface area contributed by atoms with Gasteiger partial charge in [0.2, 0.25) is 0 Å². The van der Waals surface area contributed by atoms with Gasteiger partial charge in [0.25, 0.3) is 0 Å². The molecule has 2 rings (SSSR count). The highest BCUT2D eigenvalue weighted by molar-refractivity contribution is 5.26. The van der Waals surface area contributed by atoms with Crippen molar-refractivity contribution in [1.29, 1.82) is 0 Å². The first kappa shape index (κ1) is 15.7. The molecule has 0 saturated carbocycles. The van der Waals surface area contributed by atoms with Gasteiger partial charge in [-0.05, 0) is 32.5 Å². The van der Waals surface area contributed by atoms with Gasteiger partial charge in [-0.2, -0.15) is 0 Å². The van der Waals surface area contributed by atoms with Crippen LogP contribution < -0.4 is 5.73 Å². The van der Waals surface area contributed by atoms with Crippen molar-refractivity contribution in [2.45, 2.75) is 25.9 Å². The predicted molar refractivity (Wildman–Crippen MR) is 85.6 cm³/mol. The second kappa shape index (κ2) is 6.83. The summed E-state index contributed by atoms with van der Waals surface area (Å²) < 4.78 is 14.0. The van der Waals surface area contributed by atoms with Gasteiger partial charge in [0, 0.05) is 24.2 Å². The number of benzene rings is 2. The second-order valence-corrected chi connectivity index (χ2v) is 5.53. The molecule has 21 heavy (non-hydrogen) atoms. The molecule has 0 bridgehead atoms. The lowest BCUT2D eigenvalue weighted by Crippen LogP contribution is -2.33. The third-order valence-electron chi connectivity index (χ3n) is 4.14. The van der Waals surface area contributed by atoms with E-state index in [2.05, 4.69) is 36.1 Å². The summed E-state index contributed by atoms with van der Waals surface area (Å²) in [6.45, 7) is 4.57. The van der Waals surface area contributed by atoms with Gasteiger partial charge in [-0.25, -0.2) is 4.39 Å². The molecular formula is C18H23FN2. The van der Waals surface area contributed by atoms with Crippen LogP contribution in [-0.2, 0) is 0 Å². The number of nitrogens with zero attached hydrogens (tertiary/aromatic N) is 1. The van der Waals surface area contributed by atoms with E-state index in [-0.39, 0.29) is 17.9 Å². The third-order valence-corrected chi connectivity index (χ3v) is 4.14. The van der Waals surface area contributed by atoms with Crippen LogP contribution in [0.3, 0.4) is 0 Å². The molecule has 2 unspecified atom stereocenters. The zero-order valence-corrected chi connectivity index (χ0v) is 12.9. The minimum absolute atomic E-state index is 0.0407. The summed E-state index contributed by atoms with van der Waals surface area (Å²) in [6, 6.07) is 15.3. The quantitative estimate of drug-likeness (QED) is 0.905. The minimum atomic E-state index is -0.170. The maximum atomic E-state index is 14.0. The van der Waals surface area contributed by atoms with Crippen LogP contribution in [0.4, 0.5) is 4.39 Å². The Kier molecular flexibility index (Phi) is 5.10. The highest BCUT2D eigenvalue weighted by Gasteiger charge is 2.23. The molecule has 112 valence electrons. The number of nitrogens with two attached hydrogens (primary N) is 1. The maximum Gasteiger partial charge on any atom is 0.127 e. The largest absolute Gasteiger partial charge is 0.329 e. The van der Waals surface area contributed by atoms with Crippen LogP contribution in [0, 0.1) is 12.7 Å². The first-order chi connectivity index (χ1) is 10.0. The lowest BCUT2D eigenvalue weighted by atomic mass is 10.00. The van der Waals surface area contributed by atoms with E-state index in [1.165, 1.54) is 11.6 Å². The van der Waals surface area contributed by atoms with Gasteiger partial charge < -0.3 is 5.73 Å². The number of hydrogen-bond donors (Lipinski definition) is 1. The zero-order valence-electron chi connectivity index (χ0n) is 12.9. The van der Waals surface area contributed by atoms with Crippen molar-refractivity contribution in [3.63, 3.8) is 0 Å². The van der Waals surface area contributed by atoms with Gasteiger partial charge in [0.1, 0.15) is 5.82 Å². The van der Waals surface area contributed by atoms with Crippen LogP contribution in [-0.4, -0.2) is 18.5 Å². The first-order valence-corrected chi connectivity index (χ1v) is 7.27. The van der Waals surface area contributed by atoms with E-state index in [1.54, 1.807) is 6.07 Å². The van der Waals surface area contributed by atoms with Crippen molar-refractivity contribution in [3.8, 4) is 0 Å². The Hall–Kier alpha value is -1.71. The average Bonchev–Trinajstić information content (AvgIpc) is 2.49. The third kappa shape index (κ3) is 3.49. The number of aryl methyl sites for hydroxylation is 1. The van der Waals surface area contributed by atoms with E-state index in [9.17, 15) is 4.39 Å². The molecule has 2 aromatic rings. The van der Waals surface area contributed by atoms with Gasteiger partial charge >= 0.3 is 0 Å². The van der Waals surface area contributed by atoms with E-state index in [0.29, 0.717) is 12.1 Å². The van der Waals surface area contributed by atoms with Gasteiger partial charge in [0.05, 0.1) is 0 Å². The van der Waals surface area contributed by atoms with E-state index in [1.807, 2.05) is 26.1 Å². The molecule has 0 amide bonds. The fraction of sp³-hybridized carbons (Fsp3) is 0.333. The Morgan fingerprint density at radius 1 is 1.10 bits per heavy atom. The number of halogens is 1. The lowest BCUT2D eigenvalue weighted by molar-refractivity contribution is 0.187. The van der Waals surface area contributed by atoms with Gasteiger partial charge in [0.15, 0.2) is 0 Å². The smallest absolute Gasteiger partial charge is 0.127 e. The van der Waals surface area contributed by atoms with E-state index in [0.717, 1.165) is 5.56 Å². The van der Waals surface area contributed by atoms with Crippen LogP contribution in [0.1, 0.15) is 35.7 Å². The molecule has 2 N–H and O–H groups in total. The number of hydrogen-bond acceptors (Lipinski definition) is 2. The summed E-state index contributed by atoms with van der Waals surface area (Å²) in [6.07, 6.45) is 0. The molecule has 0 aliphatic heterocycles. The average molecular weight is 286 g/mol. The normalized spacial score (nSPS) is 14.2. The molecule has 3 heteroatoms. The molecule has 0 aliphatic carbocycles. The minimum Gasteiger partial charge on any atom is -0.329 e. The highest BCUT2D eigenvalue weighted by Crippen LogP contribution is 2.29. The molecule has 0 saturated heterocycles. The summed E-state index contributed by atoms with van der Waals surface area (Å²) in [5.74, 6) is -0.170. The Labute approximate surface area is 126 Å². The van der Waals surface area contributed by atoms with Gasteiger partial charge in [-0.3, -0.25) is 4.90 Å². The number of likely N-dealkylation sites (N-methyl/N-ethyl adjacent to an activating group) is 1. The summed E-state index contributed by atoms with van der Waals surface area (Å²) in [7, 11) is 1.99. The van der Waals surface area contributed by atoms with Crippen molar-refractivity contribution in [2.24, 2.45) is 5.73 Å². The van der Waals surface area contributed by atoms with Gasteiger partial charge in [-0.1, -0.05) is 48.0 Å². The van der Waals surface area contributed by atoms with Crippen LogP contribution in [0.15, 0.2) is 48.5 Å². The summed E-state index contributed by atoms with van der Waals surface area (Å²) in [4.78, 5) is 2.13. The molecule has 0 radical (unpaired) electrons. The van der Waals surface area contributed by atoms with E-state index in [4.69, 9.17) is 5.73 Å². The Balaban J connectivity index is 2.25. The highest BCUT2D eigenvalue weighted by atomic mass is 19.1. The molecule has 0 heterocycles. The summed E-state index contributed by atoms with van der Waals surface area (Å²) in [5, 5.41) is 0. The Morgan fingerprint density at radius 3 is 2.29 bits per heavy atom. The topological polar surface area (TPSA) is 29.3 Å². The second-order valence-electron chi connectivity index (χ2n) is 5.53. The summed E-state index contributed by atoms with van der Waals surface area (Å²) >= 11 is 0. The SMILES string of the molecule is Cc1ccc(C(CN)N(C)C(C)c2ccccc2F)cc1. The molecular weight excluding hydrogens is 263 g/mol. The van der Waals surface area contributed by atoms with Crippen LogP contribution >= 0.6 is 0 Å². The fourth-order valence-corrected chi connectivity index (χ4v) is 2.63. The molecule has 0 fully saturated rings. The van der Waals surface area contributed by atoms with E-state index >= 15 is 0 Å². The van der Waals surface area contributed by atoms with Crippen molar-refractivity contribution < 1.29 is 4.39 Å². The lowest BCUT2D eigenvalue weighted by Gasteiger charge is -2.33. The fourth-order valence-electron chi connectivity index (χ4n) is 2.63. The molecule has 0 spiro atoms. The summed E-state index contributed by atoms with van der Waals surface area (Å²) in [5.41, 5.74) is 9.04. The molecule has 2 aromatic carbocycles. The zero-order chi connectivity index (χ0) is 15.4.